The van der Waals surface area contributed by atoms with Crippen molar-refractivity contribution in [3.05, 3.63) is 35.9 Å². The first-order chi connectivity index (χ1) is 8.05. The minimum atomic E-state index is -6.20. The largest absolute Gasteiger partial charge is 0.479 e. The van der Waals surface area contributed by atoms with E-state index in [1.807, 2.05) is 0 Å². The van der Waals surface area contributed by atoms with Crippen molar-refractivity contribution in [1.29, 1.82) is 0 Å². The lowest BCUT2D eigenvalue weighted by atomic mass is 9.87. The van der Waals surface area contributed by atoms with Crippen LogP contribution in [0.4, 0.5) is 22.0 Å². The molecule has 1 rings (SSSR count). The zero-order valence-electron chi connectivity index (χ0n) is 8.58. The van der Waals surface area contributed by atoms with Crippen LogP contribution in [0.1, 0.15) is 5.56 Å². The molecule has 8 heteroatoms. The van der Waals surface area contributed by atoms with Gasteiger partial charge >= 0.3 is 18.1 Å². The second-order valence-electron chi connectivity index (χ2n) is 3.45. The first-order valence-electron chi connectivity index (χ1n) is 4.51. The highest BCUT2D eigenvalue weighted by Gasteiger charge is 2.74. The maximum Gasteiger partial charge on any atom is 0.457 e. The molecule has 0 bridgehead atoms. The van der Waals surface area contributed by atoms with Crippen LogP contribution in [0.3, 0.4) is 0 Å². The molecular weight excluding hydrogens is 263 g/mol. The zero-order chi connectivity index (χ0) is 14.2. The smallest absolute Gasteiger partial charge is 0.457 e. The van der Waals surface area contributed by atoms with Gasteiger partial charge in [0.1, 0.15) is 0 Å². The molecule has 0 aliphatic heterocycles. The molecule has 1 aromatic rings. The molecule has 0 fully saturated rings. The Hall–Kier alpha value is -1.70. The van der Waals surface area contributed by atoms with Crippen molar-refractivity contribution in [3.8, 4) is 0 Å². The predicted octanol–water partition coefficient (Wildman–Crippen LogP) is 2.16. The summed E-state index contributed by atoms with van der Waals surface area (Å²) in [6.45, 7) is 0. The van der Waals surface area contributed by atoms with Gasteiger partial charge in [0.2, 0.25) is 0 Å². The summed E-state index contributed by atoms with van der Waals surface area (Å²) < 4.78 is 62.9. The van der Waals surface area contributed by atoms with Crippen molar-refractivity contribution in [1.82, 2.24) is 0 Å². The molecule has 0 saturated carbocycles. The lowest BCUT2D eigenvalue weighted by molar-refractivity contribution is -0.340. The number of carboxylic acid groups (broad SMARTS) is 1. The fourth-order valence-corrected chi connectivity index (χ4v) is 1.32. The van der Waals surface area contributed by atoms with Gasteiger partial charge in [0.25, 0.3) is 5.60 Å². The van der Waals surface area contributed by atoms with E-state index in [2.05, 4.69) is 0 Å². The van der Waals surface area contributed by atoms with Crippen molar-refractivity contribution in [2.24, 2.45) is 0 Å². The Morgan fingerprint density at radius 1 is 1.00 bits per heavy atom. The van der Waals surface area contributed by atoms with Gasteiger partial charge in [-0.3, -0.25) is 0 Å². The first kappa shape index (κ1) is 14.4. The summed E-state index contributed by atoms with van der Waals surface area (Å²) in [5.74, 6) is -8.51. The van der Waals surface area contributed by atoms with Gasteiger partial charge in [-0.05, 0) is 0 Å². The van der Waals surface area contributed by atoms with Gasteiger partial charge in [-0.25, -0.2) is 4.79 Å². The second-order valence-corrected chi connectivity index (χ2v) is 3.45. The molecule has 0 heterocycles. The topological polar surface area (TPSA) is 57.5 Å². The van der Waals surface area contributed by atoms with Crippen LogP contribution in [-0.4, -0.2) is 28.3 Å². The van der Waals surface area contributed by atoms with Crippen LogP contribution < -0.4 is 0 Å². The number of hydrogen-bond acceptors (Lipinski definition) is 2. The van der Waals surface area contributed by atoms with E-state index in [4.69, 9.17) is 5.11 Å². The molecule has 1 aromatic carbocycles. The van der Waals surface area contributed by atoms with Crippen LogP contribution in [0.5, 0.6) is 0 Å². The van der Waals surface area contributed by atoms with Gasteiger partial charge in [0.05, 0.1) is 0 Å². The SMILES string of the molecule is O=C(O)C(O)(c1ccccc1)C(F)(F)C(F)(F)F. The van der Waals surface area contributed by atoms with Crippen molar-refractivity contribution in [2.45, 2.75) is 17.7 Å². The maximum atomic E-state index is 13.2. The standard InChI is InChI=1S/C10H7F5O3/c11-9(12,10(13,14)15)8(18,7(16)17)6-4-2-1-3-5-6/h1-5,18H,(H,16,17). The van der Waals surface area contributed by atoms with E-state index < -0.39 is 29.2 Å². The van der Waals surface area contributed by atoms with E-state index in [1.165, 1.54) is 6.07 Å². The highest BCUT2D eigenvalue weighted by Crippen LogP contribution is 2.48. The number of alkyl halides is 5. The minimum absolute atomic E-state index is 0.674. The number of hydrogen-bond donors (Lipinski definition) is 2. The summed E-state index contributed by atoms with van der Waals surface area (Å²) in [4.78, 5) is 10.7. The monoisotopic (exact) mass is 270 g/mol. The highest BCUT2D eigenvalue weighted by atomic mass is 19.4. The van der Waals surface area contributed by atoms with Crippen molar-refractivity contribution in [3.63, 3.8) is 0 Å². The van der Waals surface area contributed by atoms with E-state index in [9.17, 15) is 31.9 Å². The first-order valence-corrected chi connectivity index (χ1v) is 4.51. The fourth-order valence-electron chi connectivity index (χ4n) is 1.32. The number of aliphatic carboxylic acids is 1. The Morgan fingerprint density at radius 3 is 1.78 bits per heavy atom. The molecule has 3 nitrogen and oxygen atoms in total. The van der Waals surface area contributed by atoms with E-state index in [-0.39, 0.29) is 0 Å². The summed E-state index contributed by atoms with van der Waals surface area (Å²) >= 11 is 0. The van der Waals surface area contributed by atoms with Crippen LogP contribution in [-0.2, 0) is 10.4 Å². The van der Waals surface area contributed by atoms with Gasteiger partial charge in [-0.15, -0.1) is 0 Å². The molecule has 0 aliphatic rings. The van der Waals surface area contributed by atoms with Gasteiger partial charge in [-0.1, -0.05) is 30.3 Å². The molecule has 18 heavy (non-hydrogen) atoms. The summed E-state index contributed by atoms with van der Waals surface area (Å²) in [5, 5.41) is 17.9. The molecule has 0 radical (unpaired) electrons. The minimum Gasteiger partial charge on any atom is -0.479 e. The second kappa shape index (κ2) is 4.20. The molecule has 0 aromatic heterocycles. The Morgan fingerprint density at radius 2 is 1.44 bits per heavy atom. The third-order valence-corrected chi connectivity index (χ3v) is 2.31. The third kappa shape index (κ3) is 1.92. The average molecular weight is 270 g/mol. The molecule has 1 atom stereocenters. The Bertz CT molecular complexity index is 443. The quantitative estimate of drug-likeness (QED) is 0.827. The summed E-state index contributed by atoms with van der Waals surface area (Å²) in [5.41, 5.74) is -5.42. The third-order valence-electron chi connectivity index (χ3n) is 2.31. The van der Waals surface area contributed by atoms with Gasteiger partial charge in [-0.2, -0.15) is 22.0 Å². The summed E-state index contributed by atoms with van der Waals surface area (Å²) in [7, 11) is 0. The molecule has 0 amide bonds. The van der Waals surface area contributed by atoms with E-state index in [1.54, 1.807) is 0 Å². The predicted molar refractivity (Wildman–Crippen MR) is 49.0 cm³/mol. The summed E-state index contributed by atoms with van der Waals surface area (Å²) in [6.07, 6.45) is -6.20. The normalized spacial score (nSPS) is 16.1. The van der Waals surface area contributed by atoms with E-state index in [0.717, 1.165) is 12.1 Å². The number of rotatable bonds is 3. The highest BCUT2D eigenvalue weighted by molar-refractivity contribution is 5.80. The summed E-state index contributed by atoms with van der Waals surface area (Å²) in [6, 6.07) is 4.70. The Kier molecular flexibility index (Phi) is 3.35. The van der Waals surface area contributed by atoms with Crippen LogP contribution in [0.2, 0.25) is 0 Å². The number of halogens is 5. The maximum absolute atomic E-state index is 13.2. The molecule has 0 spiro atoms. The van der Waals surface area contributed by atoms with E-state index in [0.29, 0.717) is 12.1 Å². The molecule has 2 N–H and O–H groups in total. The average Bonchev–Trinajstić information content (AvgIpc) is 2.27. The van der Waals surface area contributed by atoms with Gasteiger partial charge in [0, 0.05) is 5.56 Å². The molecule has 100 valence electrons. The lowest BCUT2D eigenvalue weighted by Gasteiger charge is -2.33. The fraction of sp³-hybridized carbons (Fsp3) is 0.300. The number of carboxylic acids is 1. The number of aliphatic hydroxyl groups is 1. The molecule has 1 unspecified atom stereocenters. The van der Waals surface area contributed by atoms with Gasteiger partial charge in [0.15, 0.2) is 0 Å². The van der Waals surface area contributed by atoms with Crippen molar-refractivity contribution < 1.29 is 37.0 Å². The number of carbonyl (C=O) groups is 1. The van der Waals surface area contributed by atoms with E-state index >= 15 is 0 Å². The molecule has 0 saturated heterocycles. The Balaban J connectivity index is 3.48. The lowest BCUT2D eigenvalue weighted by Crippen LogP contribution is -2.59. The van der Waals surface area contributed by atoms with Crippen molar-refractivity contribution in [2.75, 3.05) is 0 Å². The Labute approximate surface area is 97.5 Å². The van der Waals surface area contributed by atoms with Gasteiger partial charge < -0.3 is 10.2 Å². The van der Waals surface area contributed by atoms with Crippen LogP contribution in [0.25, 0.3) is 0 Å². The molecule has 0 aliphatic carbocycles. The van der Waals surface area contributed by atoms with Crippen LogP contribution in [0, 0.1) is 0 Å². The van der Waals surface area contributed by atoms with Crippen LogP contribution >= 0.6 is 0 Å². The zero-order valence-corrected chi connectivity index (χ0v) is 8.58. The number of benzene rings is 1. The van der Waals surface area contributed by atoms with Crippen LogP contribution in [0.15, 0.2) is 30.3 Å². The molecular formula is C10H7F5O3. The van der Waals surface area contributed by atoms with Crippen molar-refractivity contribution >= 4 is 5.97 Å².